The minimum absolute atomic E-state index is 0.203. The molecule has 0 fully saturated rings. The number of carbonyl (C=O) groups is 1. The Hall–Kier alpha value is -0.610. The quantitative estimate of drug-likeness (QED) is 0.608. The number of aliphatic hydroxyl groups excluding tert-OH is 1. The molecular weight excluding hydrogens is 148 g/mol. The van der Waals surface area contributed by atoms with E-state index in [1.165, 1.54) is 0 Å². The Bertz CT molecular complexity index is 122. The van der Waals surface area contributed by atoms with E-state index in [1.807, 2.05) is 0 Å². The third-order valence-corrected chi connectivity index (χ3v) is 1.16. The highest BCUT2D eigenvalue weighted by Crippen LogP contribution is 2.00. The highest BCUT2D eigenvalue weighted by Gasteiger charge is 2.07. The van der Waals surface area contributed by atoms with Crippen molar-refractivity contribution in [2.75, 3.05) is 6.61 Å². The molecule has 0 heterocycles. The fourth-order valence-electron chi connectivity index (χ4n) is 0.762. The summed E-state index contributed by atoms with van der Waals surface area (Å²) in [5.74, 6) is -0.984. The standard InChI is InChI=1S/C7H14O4/c1-5(8)3-6(2)11-4-7(9)10/h5-6,8H,3-4H2,1-2H3,(H,9,10). The van der Waals surface area contributed by atoms with Gasteiger partial charge in [-0.2, -0.15) is 0 Å². The Morgan fingerprint density at radius 2 is 2.09 bits per heavy atom. The van der Waals surface area contributed by atoms with Gasteiger partial charge in [0.25, 0.3) is 0 Å². The molecule has 0 aliphatic carbocycles. The molecule has 0 aromatic heterocycles. The fourth-order valence-corrected chi connectivity index (χ4v) is 0.762. The van der Waals surface area contributed by atoms with Crippen molar-refractivity contribution in [2.24, 2.45) is 0 Å². The molecular formula is C7H14O4. The van der Waals surface area contributed by atoms with Crippen molar-refractivity contribution in [3.05, 3.63) is 0 Å². The summed E-state index contributed by atoms with van der Waals surface area (Å²) in [7, 11) is 0. The van der Waals surface area contributed by atoms with Crippen molar-refractivity contribution in [2.45, 2.75) is 32.5 Å². The summed E-state index contributed by atoms with van der Waals surface area (Å²) in [5.41, 5.74) is 0. The molecule has 2 atom stereocenters. The summed E-state index contributed by atoms with van der Waals surface area (Å²) in [6.45, 7) is 3.07. The molecule has 66 valence electrons. The Labute approximate surface area is 65.8 Å². The summed E-state index contributed by atoms with van der Waals surface area (Å²) in [6.07, 6.45) is -0.183. The normalized spacial score (nSPS) is 15.9. The first-order valence-corrected chi connectivity index (χ1v) is 3.54. The third kappa shape index (κ3) is 7.29. The average Bonchev–Trinajstić information content (AvgIpc) is 1.82. The average molecular weight is 162 g/mol. The topological polar surface area (TPSA) is 66.8 Å². The van der Waals surface area contributed by atoms with E-state index in [4.69, 9.17) is 14.9 Å². The van der Waals surface area contributed by atoms with Crippen LogP contribution in [0.15, 0.2) is 0 Å². The predicted octanol–water partition coefficient (Wildman–Crippen LogP) is 0.247. The molecule has 0 rings (SSSR count). The van der Waals surface area contributed by atoms with Crippen molar-refractivity contribution in [3.63, 3.8) is 0 Å². The van der Waals surface area contributed by atoms with Gasteiger partial charge in [-0.05, 0) is 20.3 Å². The van der Waals surface area contributed by atoms with E-state index < -0.39 is 12.1 Å². The van der Waals surface area contributed by atoms with Crippen molar-refractivity contribution in [3.8, 4) is 0 Å². The van der Waals surface area contributed by atoms with Crippen molar-refractivity contribution < 1.29 is 19.7 Å². The molecule has 2 unspecified atom stereocenters. The van der Waals surface area contributed by atoms with Crippen LogP contribution in [0.25, 0.3) is 0 Å². The number of hydrogen-bond donors (Lipinski definition) is 2. The summed E-state index contributed by atoms with van der Waals surface area (Å²) in [6, 6.07) is 0. The first-order chi connectivity index (χ1) is 5.02. The highest BCUT2D eigenvalue weighted by molar-refractivity contribution is 5.68. The minimum Gasteiger partial charge on any atom is -0.480 e. The number of aliphatic hydroxyl groups is 1. The molecule has 11 heavy (non-hydrogen) atoms. The Morgan fingerprint density at radius 1 is 1.55 bits per heavy atom. The lowest BCUT2D eigenvalue weighted by molar-refractivity contribution is -0.144. The van der Waals surface area contributed by atoms with Crippen molar-refractivity contribution in [1.29, 1.82) is 0 Å². The highest BCUT2D eigenvalue weighted by atomic mass is 16.5. The van der Waals surface area contributed by atoms with Gasteiger partial charge in [-0.1, -0.05) is 0 Å². The van der Waals surface area contributed by atoms with E-state index in [1.54, 1.807) is 13.8 Å². The molecule has 0 saturated carbocycles. The maximum absolute atomic E-state index is 10.0. The van der Waals surface area contributed by atoms with Gasteiger partial charge >= 0.3 is 5.97 Å². The van der Waals surface area contributed by atoms with Crippen LogP contribution in [0.5, 0.6) is 0 Å². The van der Waals surface area contributed by atoms with Gasteiger partial charge < -0.3 is 14.9 Å². The van der Waals surface area contributed by atoms with Gasteiger partial charge in [0.05, 0.1) is 12.2 Å². The van der Waals surface area contributed by atoms with E-state index in [-0.39, 0.29) is 12.7 Å². The second kappa shape index (κ2) is 5.09. The number of hydrogen-bond acceptors (Lipinski definition) is 3. The Kier molecular flexibility index (Phi) is 4.81. The maximum atomic E-state index is 10.0. The van der Waals surface area contributed by atoms with Crippen LogP contribution in [0.2, 0.25) is 0 Å². The van der Waals surface area contributed by atoms with Gasteiger partial charge in [0.1, 0.15) is 6.61 Å². The number of aliphatic carboxylic acids is 1. The van der Waals surface area contributed by atoms with Crippen LogP contribution >= 0.6 is 0 Å². The molecule has 4 nitrogen and oxygen atoms in total. The summed E-state index contributed by atoms with van der Waals surface area (Å²) >= 11 is 0. The van der Waals surface area contributed by atoms with E-state index in [0.717, 1.165) is 0 Å². The van der Waals surface area contributed by atoms with Crippen LogP contribution in [0, 0.1) is 0 Å². The van der Waals surface area contributed by atoms with Crippen LogP contribution < -0.4 is 0 Å². The molecule has 0 spiro atoms. The summed E-state index contributed by atoms with van der Waals surface area (Å²) in [4.78, 5) is 10.0. The summed E-state index contributed by atoms with van der Waals surface area (Å²) in [5, 5.41) is 17.1. The molecule has 0 radical (unpaired) electrons. The van der Waals surface area contributed by atoms with Crippen LogP contribution in [-0.4, -0.2) is 35.0 Å². The van der Waals surface area contributed by atoms with Gasteiger partial charge in [-0.25, -0.2) is 4.79 Å². The smallest absolute Gasteiger partial charge is 0.329 e. The molecule has 0 bridgehead atoms. The predicted molar refractivity (Wildman–Crippen MR) is 39.3 cm³/mol. The van der Waals surface area contributed by atoms with Crippen molar-refractivity contribution >= 4 is 5.97 Å². The zero-order valence-corrected chi connectivity index (χ0v) is 6.78. The first-order valence-electron chi connectivity index (χ1n) is 3.54. The number of ether oxygens (including phenoxy) is 1. The lowest BCUT2D eigenvalue weighted by Crippen LogP contribution is -2.19. The Morgan fingerprint density at radius 3 is 2.45 bits per heavy atom. The number of carboxylic acids is 1. The molecule has 0 amide bonds. The third-order valence-electron chi connectivity index (χ3n) is 1.16. The van der Waals surface area contributed by atoms with E-state index in [2.05, 4.69) is 0 Å². The molecule has 4 heteroatoms. The van der Waals surface area contributed by atoms with Crippen LogP contribution in [0.1, 0.15) is 20.3 Å². The lowest BCUT2D eigenvalue weighted by Gasteiger charge is -2.12. The molecule has 2 N–H and O–H groups in total. The van der Waals surface area contributed by atoms with Gasteiger partial charge in [0, 0.05) is 0 Å². The number of carboxylic acid groups (broad SMARTS) is 1. The van der Waals surface area contributed by atoms with E-state index >= 15 is 0 Å². The van der Waals surface area contributed by atoms with Crippen LogP contribution in [-0.2, 0) is 9.53 Å². The van der Waals surface area contributed by atoms with Crippen LogP contribution in [0.3, 0.4) is 0 Å². The maximum Gasteiger partial charge on any atom is 0.329 e. The van der Waals surface area contributed by atoms with Gasteiger partial charge in [0.15, 0.2) is 0 Å². The second-order valence-electron chi connectivity index (χ2n) is 2.60. The Balaban J connectivity index is 3.37. The van der Waals surface area contributed by atoms with Crippen molar-refractivity contribution in [1.82, 2.24) is 0 Å². The monoisotopic (exact) mass is 162 g/mol. The van der Waals surface area contributed by atoms with Gasteiger partial charge in [0.2, 0.25) is 0 Å². The van der Waals surface area contributed by atoms with Gasteiger partial charge in [-0.3, -0.25) is 0 Å². The van der Waals surface area contributed by atoms with Crippen LogP contribution in [0.4, 0.5) is 0 Å². The lowest BCUT2D eigenvalue weighted by atomic mass is 10.2. The summed E-state index contributed by atoms with van der Waals surface area (Å²) < 4.78 is 4.85. The largest absolute Gasteiger partial charge is 0.480 e. The number of rotatable bonds is 5. The van der Waals surface area contributed by atoms with E-state index in [0.29, 0.717) is 6.42 Å². The van der Waals surface area contributed by atoms with E-state index in [9.17, 15) is 4.79 Å². The zero-order chi connectivity index (χ0) is 8.85. The zero-order valence-electron chi connectivity index (χ0n) is 6.78. The molecule has 0 aromatic rings. The fraction of sp³-hybridized carbons (Fsp3) is 0.857. The first kappa shape index (κ1) is 10.4. The minimum atomic E-state index is -0.984. The molecule has 0 aromatic carbocycles. The van der Waals surface area contributed by atoms with Gasteiger partial charge in [-0.15, -0.1) is 0 Å². The molecule has 0 aliphatic rings. The molecule has 0 saturated heterocycles. The second-order valence-corrected chi connectivity index (χ2v) is 2.60. The molecule has 0 aliphatic heterocycles. The SMILES string of the molecule is CC(O)CC(C)OCC(=O)O.